The summed E-state index contributed by atoms with van der Waals surface area (Å²) in [6.45, 7) is 7.31. The van der Waals surface area contributed by atoms with E-state index < -0.39 is 0 Å². The summed E-state index contributed by atoms with van der Waals surface area (Å²) in [7, 11) is 0. The summed E-state index contributed by atoms with van der Waals surface area (Å²) < 4.78 is 0. The van der Waals surface area contributed by atoms with Crippen molar-refractivity contribution in [1.82, 2.24) is 9.80 Å². The molecule has 0 aliphatic carbocycles. The van der Waals surface area contributed by atoms with Gasteiger partial charge >= 0.3 is 0 Å². The number of benzene rings is 2. The van der Waals surface area contributed by atoms with E-state index in [1.54, 1.807) is 0 Å². The maximum atomic E-state index is 2.64. The Kier molecular flexibility index (Phi) is 3.96. The Morgan fingerprint density at radius 3 is 1.32 bits per heavy atom. The van der Waals surface area contributed by atoms with Crippen molar-refractivity contribution in [1.29, 1.82) is 0 Å². The van der Waals surface area contributed by atoms with Crippen molar-refractivity contribution in [3.8, 4) is 0 Å². The van der Waals surface area contributed by atoms with Crippen molar-refractivity contribution in [2.75, 3.05) is 26.2 Å². The summed E-state index contributed by atoms with van der Waals surface area (Å²) >= 11 is 0. The molecule has 2 aliphatic rings. The Bertz CT molecular complexity index is 528. The first-order valence-electron chi connectivity index (χ1n) is 8.39. The molecule has 2 heterocycles. The molecule has 2 fully saturated rings. The van der Waals surface area contributed by atoms with Crippen LogP contribution in [0.25, 0.3) is 0 Å². The quantitative estimate of drug-likeness (QED) is 0.853. The predicted octanol–water partition coefficient (Wildman–Crippen LogP) is 3.25. The number of hydrogen-bond donors (Lipinski definition) is 0. The van der Waals surface area contributed by atoms with E-state index in [1.165, 1.54) is 37.3 Å². The predicted molar refractivity (Wildman–Crippen MR) is 90.4 cm³/mol. The molecule has 2 nitrogen and oxygen atoms in total. The Hall–Kier alpha value is -1.64. The van der Waals surface area contributed by atoms with Crippen LogP contribution in [0.2, 0.25) is 0 Å². The lowest BCUT2D eigenvalue weighted by Crippen LogP contribution is -2.28. The van der Waals surface area contributed by atoms with Crippen LogP contribution in [0.4, 0.5) is 0 Å². The third-order valence-electron chi connectivity index (χ3n) is 5.14. The van der Waals surface area contributed by atoms with Gasteiger partial charge < -0.3 is 0 Å². The molecule has 0 atom stereocenters. The van der Waals surface area contributed by atoms with E-state index in [1.807, 2.05) is 0 Å². The van der Waals surface area contributed by atoms with Crippen molar-refractivity contribution >= 4 is 0 Å². The van der Waals surface area contributed by atoms with Crippen molar-refractivity contribution in [2.24, 2.45) is 11.8 Å². The monoisotopic (exact) mass is 292 g/mol. The zero-order chi connectivity index (χ0) is 14.8. The van der Waals surface area contributed by atoms with Gasteiger partial charge in [-0.3, -0.25) is 9.80 Å². The van der Waals surface area contributed by atoms with Crippen LogP contribution >= 0.6 is 0 Å². The van der Waals surface area contributed by atoms with E-state index in [0.717, 1.165) is 24.9 Å². The van der Waals surface area contributed by atoms with Crippen LogP contribution < -0.4 is 0 Å². The van der Waals surface area contributed by atoms with Crippen LogP contribution in [0.3, 0.4) is 0 Å². The zero-order valence-corrected chi connectivity index (χ0v) is 13.1. The average Bonchev–Trinajstić information content (AvgIpc) is 3.07. The maximum Gasteiger partial charge on any atom is 0.0233 e. The Morgan fingerprint density at radius 2 is 0.955 bits per heavy atom. The van der Waals surface area contributed by atoms with Crippen molar-refractivity contribution < 1.29 is 0 Å². The van der Waals surface area contributed by atoms with E-state index in [0.29, 0.717) is 0 Å². The Labute approximate surface area is 133 Å². The minimum Gasteiger partial charge on any atom is -0.298 e. The van der Waals surface area contributed by atoms with Gasteiger partial charge in [-0.1, -0.05) is 60.7 Å². The third kappa shape index (κ3) is 3.08. The van der Waals surface area contributed by atoms with Crippen LogP contribution in [0.15, 0.2) is 60.7 Å². The second kappa shape index (κ2) is 6.23. The molecule has 2 aliphatic heterocycles. The highest BCUT2D eigenvalue weighted by atomic mass is 15.2. The molecule has 0 amide bonds. The highest BCUT2D eigenvalue weighted by molar-refractivity contribution is 5.16. The summed E-state index contributed by atoms with van der Waals surface area (Å²) in [5.41, 5.74) is 2.90. The molecule has 2 heteroatoms. The van der Waals surface area contributed by atoms with Gasteiger partial charge in [-0.15, -0.1) is 0 Å². The van der Waals surface area contributed by atoms with Crippen LogP contribution in [-0.2, 0) is 13.1 Å². The van der Waals surface area contributed by atoms with Crippen LogP contribution in [0.1, 0.15) is 11.1 Å². The topological polar surface area (TPSA) is 6.48 Å². The lowest BCUT2D eigenvalue weighted by atomic mass is 10.0. The second-order valence-corrected chi connectivity index (χ2v) is 6.88. The van der Waals surface area contributed by atoms with Gasteiger partial charge in [0.1, 0.15) is 0 Å². The first-order valence-corrected chi connectivity index (χ1v) is 8.39. The molecule has 0 N–H and O–H groups in total. The molecule has 0 bridgehead atoms. The molecule has 114 valence electrons. The number of nitrogens with zero attached hydrogens (tertiary/aromatic N) is 2. The number of rotatable bonds is 4. The van der Waals surface area contributed by atoms with Crippen LogP contribution in [-0.4, -0.2) is 36.0 Å². The summed E-state index contributed by atoms with van der Waals surface area (Å²) in [6, 6.07) is 21.8. The van der Waals surface area contributed by atoms with Crippen molar-refractivity contribution in [2.45, 2.75) is 13.1 Å². The maximum absolute atomic E-state index is 2.64. The molecule has 4 rings (SSSR count). The molecule has 2 aromatic carbocycles. The highest BCUT2D eigenvalue weighted by Crippen LogP contribution is 2.32. The number of likely N-dealkylation sites (tertiary alicyclic amines) is 2. The standard InChI is InChI=1S/C20H24N2/c1-3-7-17(8-4-1)11-21-13-19-15-22(16-20(19)14-21)12-18-9-5-2-6-10-18/h1-10,19-20H,11-16H2. The van der Waals surface area contributed by atoms with E-state index in [-0.39, 0.29) is 0 Å². The Morgan fingerprint density at radius 1 is 0.591 bits per heavy atom. The summed E-state index contributed by atoms with van der Waals surface area (Å²) in [5.74, 6) is 1.74. The lowest BCUT2D eigenvalue weighted by Gasteiger charge is -2.21. The molecule has 22 heavy (non-hydrogen) atoms. The van der Waals surface area contributed by atoms with Gasteiger partial charge in [0.25, 0.3) is 0 Å². The lowest BCUT2D eigenvalue weighted by molar-refractivity contribution is 0.246. The molecular formula is C20H24N2. The fourth-order valence-electron chi connectivity index (χ4n) is 4.13. The first-order chi connectivity index (χ1) is 10.9. The molecule has 2 aromatic rings. The highest BCUT2D eigenvalue weighted by Gasteiger charge is 2.39. The van der Waals surface area contributed by atoms with E-state index >= 15 is 0 Å². The molecule has 0 unspecified atom stereocenters. The first kappa shape index (κ1) is 14.0. The summed E-state index contributed by atoms with van der Waals surface area (Å²) in [4.78, 5) is 5.29. The van der Waals surface area contributed by atoms with Gasteiger partial charge in [0.05, 0.1) is 0 Å². The number of hydrogen-bond acceptors (Lipinski definition) is 2. The van der Waals surface area contributed by atoms with E-state index in [4.69, 9.17) is 0 Å². The van der Waals surface area contributed by atoms with Crippen molar-refractivity contribution in [3.05, 3.63) is 71.8 Å². The van der Waals surface area contributed by atoms with Gasteiger partial charge in [-0.2, -0.15) is 0 Å². The van der Waals surface area contributed by atoms with Gasteiger partial charge in [0, 0.05) is 39.3 Å². The molecule has 0 aromatic heterocycles. The summed E-state index contributed by atoms with van der Waals surface area (Å²) in [6.07, 6.45) is 0. The Balaban J connectivity index is 1.31. The smallest absolute Gasteiger partial charge is 0.0233 e. The van der Waals surface area contributed by atoms with E-state index in [9.17, 15) is 0 Å². The zero-order valence-electron chi connectivity index (χ0n) is 13.1. The fourth-order valence-corrected chi connectivity index (χ4v) is 4.13. The largest absolute Gasteiger partial charge is 0.298 e. The number of fused-ring (bicyclic) bond motifs is 1. The molecule has 0 spiro atoms. The fraction of sp³-hybridized carbons (Fsp3) is 0.400. The van der Waals surface area contributed by atoms with Gasteiger partial charge in [-0.05, 0) is 23.0 Å². The minimum atomic E-state index is 0.868. The van der Waals surface area contributed by atoms with E-state index in [2.05, 4.69) is 70.5 Å². The normalized spacial score (nSPS) is 25.5. The van der Waals surface area contributed by atoms with Crippen LogP contribution in [0.5, 0.6) is 0 Å². The van der Waals surface area contributed by atoms with Crippen LogP contribution in [0, 0.1) is 11.8 Å². The molecular weight excluding hydrogens is 268 g/mol. The van der Waals surface area contributed by atoms with Gasteiger partial charge in [-0.25, -0.2) is 0 Å². The second-order valence-electron chi connectivity index (χ2n) is 6.88. The molecule has 0 saturated carbocycles. The molecule has 2 saturated heterocycles. The SMILES string of the molecule is c1ccc(CN2CC3CN(Cc4ccccc4)CC3C2)cc1. The average molecular weight is 292 g/mol. The van der Waals surface area contributed by atoms with Gasteiger partial charge in [0.2, 0.25) is 0 Å². The molecule has 0 radical (unpaired) electrons. The van der Waals surface area contributed by atoms with Crippen molar-refractivity contribution in [3.63, 3.8) is 0 Å². The third-order valence-corrected chi connectivity index (χ3v) is 5.14. The summed E-state index contributed by atoms with van der Waals surface area (Å²) in [5, 5.41) is 0. The van der Waals surface area contributed by atoms with Gasteiger partial charge in [0.15, 0.2) is 0 Å². The minimum absolute atomic E-state index is 0.868.